The number of nitrogens with zero attached hydrogens (tertiary/aromatic N) is 4. The van der Waals surface area contributed by atoms with E-state index in [0.717, 1.165) is 34.9 Å². The molecular formula is C15H21N5OS. The lowest BCUT2D eigenvalue weighted by molar-refractivity contribution is 0.102. The van der Waals surface area contributed by atoms with Gasteiger partial charge >= 0.3 is 0 Å². The van der Waals surface area contributed by atoms with Crippen LogP contribution in [0.2, 0.25) is 0 Å². The summed E-state index contributed by atoms with van der Waals surface area (Å²) in [6.45, 7) is 3.89. The van der Waals surface area contributed by atoms with Gasteiger partial charge in [-0.05, 0) is 43.2 Å². The summed E-state index contributed by atoms with van der Waals surface area (Å²) in [5, 5.41) is 12.8. The van der Waals surface area contributed by atoms with Gasteiger partial charge in [-0.15, -0.1) is 5.10 Å². The summed E-state index contributed by atoms with van der Waals surface area (Å²) in [6, 6.07) is 2.29. The molecule has 6 nitrogen and oxygen atoms in total. The van der Waals surface area contributed by atoms with Gasteiger partial charge in [0, 0.05) is 17.0 Å². The molecule has 1 aliphatic rings. The van der Waals surface area contributed by atoms with Crippen molar-refractivity contribution in [1.82, 2.24) is 25.2 Å². The van der Waals surface area contributed by atoms with Gasteiger partial charge in [-0.25, -0.2) is 4.68 Å². The van der Waals surface area contributed by atoms with E-state index in [1.165, 1.54) is 31.0 Å². The number of tetrazole rings is 1. The molecule has 1 aliphatic carbocycles. The van der Waals surface area contributed by atoms with E-state index in [4.69, 9.17) is 0 Å². The van der Waals surface area contributed by atoms with Crippen molar-refractivity contribution in [2.75, 3.05) is 5.75 Å². The van der Waals surface area contributed by atoms with Gasteiger partial charge in [0.05, 0.1) is 11.8 Å². The first-order valence-electron chi connectivity index (χ1n) is 7.75. The Morgan fingerprint density at radius 1 is 1.36 bits per heavy atom. The molecule has 2 heterocycles. The van der Waals surface area contributed by atoms with Crippen LogP contribution in [0.25, 0.3) is 0 Å². The van der Waals surface area contributed by atoms with E-state index in [1.54, 1.807) is 0 Å². The van der Waals surface area contributed by atoms with E-state index in [1.807, 2.05) is 24.6 Å². The van der Waals surface area contributed by atoms with Crippen LogP contribution in [0.1, 0.15) is 59.9 Å². The van der Waals surface area contributed by atoms with E-state index in [0.29, 0.717) is 11.8 Å². The largest absolute Gasteiger partial charge is 0.362 e. The van der Waals surface area contributed by atoms with Crippen LogP contribution in [0.4, 0.5) is 0 Å². The second-order valence-corrected chi connectivity index (χ2v) is 6.84. The number of thioether (sulfide) groups is 1. The molecule has 7 heteroatoms. The molecule has 2 aromatic heterocycles. The minimum atomic E-state index is 0.116. The Balaban J connectivity index is 1.65. The highest BCUT2D eigenvalue weighted by atomic mass is 32.2. The van der Waals surface area contributed by atoms with Crippen LogP contribution in [-0.2, 0) is 0 Å². The predicted molar refractivity (Wildman–Crippen MR) is 85.3 cm³/mol. The van der Waals surface area contributed by atoms with Crippen molar-refractivity contribution in [2.45, 2.75) is 57.1 Å². The van der Waals surface area contributed by atoms with Crippen LogP contribution in [0.3, 0.4) is 0 Å². The maximum absolute atomic E-state index is 12.3. The maximum atomic E-state index is 12.3. The van der Waals surface area contributed by atoms with Gasteiger partial charge in [-0.1, -0.05) is 31.0 Å². The van der Waals surface area contributed by atoms with Gasteiger partial charge in [-0.3, -0.25) is 4.79 Å². The smallest absolute Gasteiger partial charge is 0.210 e. The molecule has 1 N–H and O–H groups in total. The van der Waals surface area contributed by atoms with Crippen molar-refractivity contribution in [2.24, 2.45) is 0 Å². The van der Waals surface area contributed by atoms with Gasteiger partial charge in [-0.2, -0.15) is 0 Å². The predicted octanol–water partition coefficient (Wildman–Crippen LogP) is 3.10. The average molecular weight is 319 g/mol. The van der Waals surface area contributed by atoms with E-state index in [2.05, 4.69) is 20.5 Å². The Morgan fingerprint density at radius 3 is 2.82 bits per heavy atom. The standard InChI is InChI=1S/C15H21N5OS/c1-10-8-13(11(2)16-10)14(21)9-22-15-17-18-19-20(15)12-6-4-3-5-7-12/h8,12,16H,3-7,9H2,1-2H3. The number of hydrogen-bond donors (Lipinski definition) is 1. The molecule has 0 atom stereocenters. The van der Waals surface area contributed by atoms with Gasteiger partial charge in [0.1, 0.15) is 0 Å². The Hall–Kier alpha value is -1.63. The number of rotatable bonds is 5. The number of carbonyl (C=O) groups is 1. The first-order chi connectivity index (χ1) is 10.6. The zero-order chi connectivity index (χ0) is 15.5. The Morgan fingerprint density at radius 2 is 2.14 bits per heavy atom. The summed E-state index contributed by atoms with van der Waals surface area (Å²) in [4.78, 5) is 15.5. The Bertz CT molecular complexity index is 657. The Kier molecular flexibility index (Phi) is 4.61. The number of Topliss-reactive ketones (excluding diaryl/α,β-unsaturated/α-hetero) is 1. The van der Waals surface area contributed by atoms with Crippen molar-refractivity contribution in [1.29, 1.82) is 0 Å². The van der Waals surface area contributed by atoms with Crippen molar-refractivity contribution >= 4 is 17.5 Å². The number of aryl methyl sites for hydroxylation is 2. The van der Waals surface area contributed by atoms with Crippen LogP contribution in [-0.4, -0.2) is 36.7 Å². The maximum Gasteiger partial charge on any atom is 0.210 e. The lowest BCUT2D eigenvalue weighted by Crippen LogP contribution is -2.15. The molecular weight excluding hydrogens is 298 g/mol. The normalized spacial score (nSPS) is 16.1. The minimum Gasteiger partial charge on any atom is -0.362 e. The average Bonchev–Trinajstić information content (AvgIpc) is 3.12. The first-order valence-corrected chi connectivity index (χ1v) is 8.74. The van der Waals surface area contributed by atoms with E-state index >= 15 is 0 Å². The molecule has 0 unspecified atom stereocenters. The molecule has 0 aliphatic heterocycles. The molecule has 0 spiro atoms. The molecule has 1 saturated carbocycles. The summed E-state index contributed by atoms with van der Waals surface area (Å²) in [6.07, 6.45) is 6.02. The number of H-pyrrole nitrogens is 1. The third-order valence-corrected chi connectivity index (χ3v) is 5.10. The second-order valence-electron chi connectivity index (χ2n) is 5.90. The van der Waals surface area contributed by atoms with Crippen LogP contribution >= 0.6 is 11.8 Å². The van der Waals surface area contributed by atoms with Crippen LogP contribution in [0.15, 0.2) is 11.2 Å². The number of aromatic nitrogens is 5. The molecule has 2 aromatic rings. The van der Waals surface area contributed by atoms with Crippen molar-refractivity contribution in [3.63, 3.8) is 0 Å². The monoisotopic (exact) mass is 319 g/mol. The summed E-state index contributed by atoms with van der Waals surface area (Å²) in [5.74, 6) is 0.482. The first kappa shape index (κ1) is 15.3. The van der Waals surface area contributed by atoms with E-state index < -0.39 is 0 Å². The molecule has 118 valence electrons. The summed E-state index contributed by atoms with van der Waals surface area (Å²) in [7, 11) is 0. The third-order valence-electron chi connectivity index (χ3n) is 4.17. The summed E-state index contributed by atoms with van der Waals surface area (Å²) < 4.78 is 1.91. The lowest BCUT2D eigenvalue weighted by atomic mass is 9.96. The van der Waals surface area contributed by atoms with Crippen molar-refractivity contribution < 1.29 is 4.79 Å². The number of ketones is 1. The highest BCUT2D eigenvalue weighted by Crippen LogP contribution is 2.30. The molecule has 0 aromatic carbocycles. The van der Waals surface area contributed by atoms with Crippen LogP contribution in [0, 0.1) is 13.8 Å². The SMILES string of the molecule is Cc1cc(C(=O)CSc2nnnn2C2CCCCC2)c(C)[nH]1. The fourth-order valence-corrected chi connectivity index (χ4v) is 3.88. The molecule has 0 amide bonds. The zero-order valence-corrected chi connectivity index (χ0v) is 13.8. The molecule has 22 heavy (non-hydrogen) atoms. The third kappa shape index (κ3) is 3.24. The van der Waals surface area contributed by atoms with Crippen LogP contribution in [0.5, 0.6) is 0 Å². The highest BCUT2D eigenvalue weighted by Gasteiger charge is 2.21. The quantitative estimate of drug-likeness (QED) is 0.677. The number of aromatic amines is 1. The number of nitrogens with one attached hydrogen (secondary N) is 1. The molecule has 3 rings (SSSR count). The van der Waals surface area contributed by atoms with Crippen molar-refractivity contribution in [3.05, 3.63) is 23.0 Å². The molecule has 0 radical (unpaired) electrons. The van der Waals surface area contributed by atoms with Crippen molar-refractivity contribution in [3.8, 4) is 0 Å². The van der Waals surface area contributed by atoms with E-state index in [9.17, 15) is 4.79 Å². The lowest BCUT2D eigenvalue weighted by Gasteiger charge is -2.21. The highest BCUT2D eigenvalue weighted by molar-refractivity contribution is 7.99. The second kappa shape index (κ2) is 6.64. The summed E-state index contributed by atoms with van der Waals surface area (Å²) in [5.41, 5.74) is 2.70. The Labute approximate surface area is 134 Å². The van der Waals surface area contributed by atoms with Gasteiger partial charge in [0.25, 0.3) is 0 Å². The zero-order valence-electron chi connectivity index (χ0n) is 13.0. The molecule has 1 fully saturated rings. The fraction of sp³-hybridized carbons (Fsp3) is 0.600. The van der Waals surface area contributed by atoms with Crippen LogP contribution < -0.4 is 0 Å². The van der Waals surface area contributed by atoms with Gasteiger partial charge < -0.3 is 4.98 Å². The minimum absolute atomic E-state index is 0.116. The topological polar surface area (TPSA) is 76.5 Å². The van der Waals surface area contributed by atoms with E-state index in [-0.39, 0.29) is 5.78 Å². The number of carbonyl (C=O) groups excluding carboxylic acids is 1. The summed E-state index contributed by atoms with van der Waals surface area (Å²) >= 11 is 1.43. The molecule has 0 saturated heterocycles. The molecule has 0 bridgehead atoms. The number of hydrogen-bond acceptors (Lipinski definition) is 5. The fourth-order valence-electron chi connectivity index (χ4n) is 3.06. The van der Waals surface area contributed by atoms with Gasteiger partial charge in [0.2, 0.25) is 5.16 Å². The van der Waals surface area contributed by atoms with Gasteiger partial charge in [0.15, 0.2) is 5.78 Å².